The maximum absolute atomic E-state index is 13.8. The second-order valence-electron chi connectivity index (χ2n) is 10.4. The van der Waals surface area contributed by atoms with Crippen LogP contribution in [0.25, 0.3) is 5.69 Å². The summed E-state index contributed by atoms with van der Waals surface area (Å²) in [6.07, 6.45) is -4.73. The van der Waals surface area contributed by atoms with Gasteiger partial charge in [-0.3, -0.25) is 0 Å². The van der Waals surface area contributed by atoms with E-state index in [0.717, 1.165) is 0 Å². The minimum absolute atomic E-state index is 0.201. The largest absolute Gasteiger partial charge is 0.459 e. The highest BCUT2D eigenvalue weighted by atomic mass is 19.1. The van der Waals surface area contributed by atoms with Gasteiger partial charge in [0, 0.05) is 0 Å². The van der Waals surface area contributed by atoms with Crippen LogP contribution in [0.1, 0.15) is 48.8 Å². The summed E-state index contributed by atoms with van der Waals surface area (Å²) in [6, 6.07) is 30.5. The Kier molecular flexibility index (Phi) is 8.93. The lowest BCUT2D eigenvalue weighted by molar-refractivity contribution is -0.0455. The number of esters is 3. The van der Waals surface area contributed by atoms with E-state index in [-0.39, 0.29) is 23.6 Å². The van der Waals surface area contributed by atoms with Crippen LogP contribution in [0, 0.1) is 12.7 Å². The van der Waals surface area contributed by atoms with Gasteiger partial charge in [-0.15, -0.1) is 0 Å². The molecule has 1 aliphatic rings. The van der Waals surface area contributed by atoms with Crippen molar-refractivity contribution in [2.45, 2.75) is 31.3 Å². The predicted octanol–water partition coefficient (Wildman–Crippen LogP) is 5.46. The summed E-state index contributed by atoms with van der Waals surface area (Å²) in [5.41, 5.74) is 1.29. The third-order valence-corrected chi connectivity index (χ3v) is 7.27. The second-order valence-corrected chi connectivity index (χ2v) is 10.4. The maximum Gasteiger partial charge on any atom is 0.338 e. The number of aryl methyl sites for hydroxylation is 1. The number of carbonyl (C=O) groups is 3. The summed E-state index contributed by atoms with van der Waals surface area (Å²) < 4.78 is 39.3. The van der Waals surface area contributed by atoms with Gasteiger partial charge in [0.1, 0.15) is 24.4 Å². The topological polar surface area (TPSA) is 119 Å². The van der Waals surface area contributed by atoms with Gasteiger partial charge >= 0.3 is 17.9 Å². The Hall–Kier alpha value is -5.68. The third-order valence-electron chi connectivity index (χ3n) is 7.27. The molecule has 1 aliphatic heterocycles. The molecule has 0 N–H and O–H groups in total. The molecule has 2 heterocycles. The van der Waals surface area contributed by atoms with Crippen molar-refractivity contribution >= 4 is 17.9 Å². The van der Waals surface area contributed by atoms with Crippen LogP contribution in [0.15, 0.2) is 115 Å². The van der Waals surface area contributed by atoms with E-state index in [2.05, 4.69) is 10.1 Å². The molecule has 1 aromatic heterocycles. The van der Waals surface area contributed by atoms with E-state index in [1.165, 1.54) is 28.9 Å². The predicted molar refractivity (Wildman–Crippen MR) is 162 cm³/mol. The third kappa shape index (κ3) is 6.69. The summed E-state index contributed by atoms with van der Waals surface area (Å²) in [6.45, 7) is 1.31. The van der Waals surface area contributed by atoms with Gasteiger partial charge in [-0.1, -0.05) is 54.6 Å². The molecule has 0 unspecified atom stereocenters. The van der Waals surface area contributed by atoms with Crippen molar-refractivity contribution < 1.29 is 37.7 Å². The van der Waals surface area contributed by atoms with E-state index in [4.69, 9.17) is 18.9 Å². The second kappa shape index (κ2) is 13.5. The van der Waals surface area contributed by atoms with Gasteiger partial charge in [-0.2, -0.15) is 5.10 Å². The van der Waals surface area contributed by atoms with Crippen LogP contribution >= 0.6 is 0 Å². The van der Waals surface area contributed by atoms with Crippen molar-refractivity contribution in [3.05, 3.63) is 149 Å². The lowest BCUT2D eigenvalue weighted by atomic mass is 10.1. The SMILES string of the molecule is Cc1nc([C@@H]2O[C@H](COC(=O)c3ccccc3)[C@@H](OC(=O)c3ccccc3)[C@H]2OC(=O)c2ccccc2)n(-c2ccc(F)cc2)n1. The fourth-order valence-electron chi connectivity index (χ4n) is 5.08. The average Bonchev–Trinajstić information content (AvgIpc) is 3.64. The van der Waals surface area contributed by atoms with Crippen molar-refractivity contribution in [2.75, 3.05) is 6.61 Å². The summed E-state index contributed by atoms with van der Waals surface area (Å²) >= 11 is 0. The van der Waals surface area contributed by atoms with E-state index in [0.29, 0.717) is 17.1 Å². The van der Waals surface area contributed by atoms with Crippen LogP contribution in [-0.2, 0) is 18.9 Å². The first-order valence-corrected chi connectivity index (χ1v) is 14.5. The van der Waals surface area contributed by atoms with Gasteiger partial charge in [0.25, 0.3) is 0 Å². The first-order valence-electron chi connectivity index (χ1n) is 14.5. The molecule has 232 valence electrons. The van der Waals surface area contributed by atoms with E-state index in [9.17, 15) is 18.8 Å². The minimum Gasteiger partial charge on any atom is -0.459 e. The monoisotopic (exact) mass is 621 g/mol. The quantitative estimate of drug-likeness (QED) is 0.156. The van der Waals surface area contributed by atoms with E-state index in [1.807, 2.05) is 0 Å². The van der Waals surface area contributed by atoms with E-state index >= 15 is 0 Å². The van der Waals surface area contributed by atoms with Crippen molar-refractivity contribution in [2.24, 2.45) is 0 Å². The summed E-state index contributed by atoms with van der Waals surface area (Å²) in [5.74, 6) is -1.91. The highest BCUT2D eigenvalue weighted by Gasteiger charge is 2.53. The summed E-state index contributed by atoms with van der Waals surface area (Å²) in [7, 11) is 0. The number of halogens is 1. The van der Waals surface area contributed by atoms with Crippen LogP contribution < -0.4 is 0 Å². The van der Waals surface area contributed by atoms with E-state index in [1.54, 1.807) is 97.9 Å². The number of hydrogen-bond donors (Lipinski definition) is 0. The Labute approximate surface area is 263 Å². The molecule has 0 aliphatic carbocycles. The first-order chi connectivity index (χ1) is 22.4. The fraction of sp³-hybridized carbons (Fsp3) is 0.171. The van der Waals surface area contributed by atoms with Crippen molar-refractivity contribution in [1.82, 2.24) is 14.8 Å². The summed E-state index contributed by atoms with van der Waals surface area (Å²) in [5, 5.41) is 4.47. The molecule has 0 saturated carbocycles. The standard InChI is InChI=1S/C35H28FN3O7/c1-22-37-32(39(38-22)27-19-17-26(36)18-20-27)31-30(46-35(42)25-15-9-4-10-16-25)29(45-34(41)24-13-7-3-8-14-24)28(44-31)21-43-33(40)23-11-5-2-6-12-23/h2-20,28-31H,21H2,1H3/t28-,29-,30-,31-/m1/s1. The number of rotatable bonds is 9. The molecule has 11 heteroatoms. The lowest BCUT2D eigenvalue weighted by Gasteiger charge is -2.24. The molecule has 1 saturated heterocycles. The van der Waals surface area contributed by atoms with Gasteiger partial charge in [0.05, 0.1) is 22.4 Å². The highest BCUT2D eigenvalue weighted by molar-refractivity contribution is 5.91. The van der Waals surface area contributed by atoms with Crippen LogP contribution in [0.5, 0.6) is 0 Å². The van der Waals surface area contributed by atoms with Gasteiger partial charge in [-0.25, -0.2) is 28.4 Å². The Morgan fingerprint density at radius 1 is 0.717 bits per heavy atom. The van der Waals surface area contributed by atoms with Gasteiger partial charge in [0.15, 0.2) is 24.1 Å². The molecular formula is C35H28FN3O7. The molecule has 0 radical (unpaired) electrons. The number of nitrogens with zero attached hydrogens (tertiary/aromatic N) is 3. The molecule has 46 heavy (non-hydrogen) atoms. The molecule has 5 aromatic rings. The number of hydrogen-bond acceptors (Lipinski definition) is 9. The number of benzene rings is 4. The van der Waals surface area contributed by atoms with Crippen molar-refractivity contribution in [3.63, 3.8) is 0 Å². The highest BCUT2D eigenvalue weighted by Crippen LogP contribution is 2.38. The van der Waals surface area contributed by atoms with Crippen LogP contribution in [0.4, 0.5) is 4.39 Å². The smallest absolute Gasteiger partial charge is 0.338 e. The van der Waals surface area contributed by atoms with Crippen molar-refractivity contribution in [1.29, 1.82) is 0 Å². The zero-order valence-corrected chi connectivity index (χ0v) is 24.6. The average molecular weight is 622 g/mol. The Balaban J connectivity index is 1.39. The summed E-state index contributed by atoms with van der Waals surface area (Å²) in [4.78, 5) is 44.3. The molecule has 0 spiro atoms. The molecule has 10 nitrogen and oxygen atoms in total. The Morgan fingerprint density at radius 2 is 1.22 bits per heavy atom. The number of carbonyl (C=O) groups excluding carboxylic acids is 3. The molecule has 4 atom stereocenters. The molecular weight excluding hydrogens is 593 g/mol. The fourth-order valence-corrected chi connectivity index (χ4v) is 5.08. The van der Waals surface area contributed by atoms with Gasteiger partial charge < -0.3 is 18.9 Å². The normalized spacial score (nSPS) is 18.9. The number of ether oxygens (including phenoxy) is 4. The Bertz CT molecular complexity index is 1820. The molecule has 0 amide bonds. The lowest BCUT2D eigenvalue weighted by Crippen LogP contribution is -2.41. The van der Waals surface area contributed by atoms with Crippen LogP contribution in [0.2, 0.25) is 0 Å². The molecule has 1 fully saturated rings. The Morgan fingerprint density at radius 3 is 1.76 bits per heavy atom. The maximum atomic E-state index is 13.8. The van der Waals surface area contributed by atoms with Crippen LogP contribution in [0.3, 0.4) is 0 Å². The first kappa shape index (κ1) is 30.4. The van der Waals surface area contributed by atoms with E-state index < -0.39 is 48.1 Å². The zero-order chi connectivity index (χ0) is 32.0. The van der Waals surface area contributed by atoms with Crippen LogP contribution in [-0.4, -0.2) is 57.6 Å². The zero-order valence-electron chi connectivity index (χ0n) is 24.6. The number of aromatic nitrogens is 3. The van der Waals surface area contributed by atoms with Crippen molar-refractivity contribution in [3.8, 4) is 5.69 Å². The molecule has 4 aromatic carbocycles. The van der Waals surface area contributed by atoms with Gasteiger partial charge in [-0.05, 0) is 67.6 Å². The molecule has 6 rings (SSSR count). The van der Waals surface area contributed by atoms with Gasteiger partial charge in [0.2, 0.25) is 0 Å². The minimum atomic E-state index is -1.26. The molecule has 0 bridgehead atoms.